The third-order valence-corrected chi connectivity index (χ3v) is 3.71. The number of nitrogens with one attached hydrogen (secondary N) is 3. The molecule has 21 heavy (non-hydrogen) atoms. The van der Waals surface area contributed by atoms with Gasteiger partial charge in [-0.2, -0.15) is 0 Å². The van der Waals surface area contributed by atoms with Crippen LogP contribution in [0.3, 0.4) is 0 Å². The van der Waals surface area contributed by atoms with Crippen molar-refractivity contribution < 1.29 is 14.7 Å². The van der Waals surface area contributed by atoms with Gasteiger partial charge in [0.15, 0.2) is 0 Å². The fraction of sp³-hybridized carbons (Fsp3) is 0.333. The molecule has 0 bridgehead atoms. The van der Waals surface area contributed by atoms with Crippen LogP contribution >= 0.6 is 11.3 Å². The Morgan fingerprint density at radius 1 is 1.48 bits per heavy atom. The molecule has 8 nitrogen and oxygen atoms in total. The summed E-state index contributed by atoms with van der Waals surface area (Å²) in [6, 6.07) is -1.87. The molecule has 2 atom stereocenters. The highest BCUT2D eigenvalue weighted by Crippen LogP contribution is 2.14. The maximum atomic E-state index is 11.9. The van der Waals surface area contributed by atoms with E-state index in [1.807, 2.05) is 5.38 Å². The van der Waals surface area contributed by atoms with Crippen molar-refractivity contribution in [1.29, 1.82) is 0 Å². The van der Waals surface area contributed by atoms with Crippen molar-refractivity contribution in [3.05, 3.63) is 34.8 Å². The molecule has 0 radical (unpaired) electrons. The van der Waals surface area contributed by atoms with Crippen LogP contribution in [-0.2, 0) is 11.2 Å². The number of carboxylic acid groups (broad SMARTS) is 1. The second-order valence-electron chi connectivity index (χ2n) is 4.38. The van der Waals surface area contributed by atoms with Crippen LogP contribution in [0, 0.1) is 0 Å². The summed E-state index contributed by atoms with van der Waals surface area (Å²) < 4.78 is 0. The van der Waals surface area contributed by atoms with Gasteiger partial charge in [0, 0.05) is 29.9 Å². The molecule has 4 N–H and O–H groups in total. The Labute approximate surface area is 124 Å². The van der Waals surface area contributed by atoms with Gasteiger partial charge in [-0.25, -0.2) is 19.6 Å². The zero-order valence-corrected chi connectivity index (χ0v) is 12.1. The van der Waals surface area contributed by atoms with Gasteiger partial charge in [0.25, 0.3) is 0 Å². The number of rotatable bonds is 6. The first-order chi connectivity index (χ1) is 10.1. The molecule has 2 rings (SSSR count). The summed E-state index contributed by atoms with van der Waals surface area (Å²) in [6.07, 6.45) is 4.76. The predicted molar refractivity (Wildman–Crippen MR) is 75.9 cm³/mol. The summed E-state index contributed by atoms with van der Waals surface area (Å²) in [5.74, 6) is -1.11. The number of urea groups is 1. The first kappa shape index (κ1) is 15.0. The molecule has 2 heterocycles. The number of thiazole rings is 1. The Bertz CT molecular complexity index is 584. The summed E-state index contributed by atoms with van der Waals surface area (Å²) in [4.78, 5) is 33.8. The monoisotopic (exact) mass is 309 g/mol. The first-order valence-corrected chi connectivity index (χ1v) is 7.10. The van der Waals surface area contributed by atoms with Gasteiger partial charge in [0.1, 0.15) is 11.0 Å². The van der Waals surface area contributed by atoms with Crippen LogP contribution in [0.2, 0.25) is 0 Å². The molecule has 2 amide bonds. The minimum Gasteiger partial charge on any atom is -0.480 e. The summed E-state index contributed by atoms with van der Waals surface area (Å²) in [5, 5.41) is 16.8. The SMILES string of the molecule is CC(NC(=O)N[C@@H](Cc1cnc[nH]1)C(=O)O)c1nccs1. The van der Waals surface area contributed by atoms with Crippen molar-refractivity contribution in [3.63, 3.8) is 0 Å². The molecule has 1 unspecified atom stereocenters. The van der Waals surface area contributed by atoms with E-state index in [1.165, 1.54) is 23.9 Å². The van der Waals surface area contributed by atoms with E-state index in [0.29, 0.717) is 5.69 Å². The van der Waals surface area contributed by atoms with Crippen LogP contribution in [0.5, 0.6) is 0 Å². The van der Waals surface area contributed by atoms with Gasteiger partial charge >= 0.3 is 12.0 Å². The van der Waals surface area contributed by atoms with E-state index in [0.717, 1.165) is 5.01 Å². The van der Waals surface area contributed by atoms with E-state index in [-0.39, 0.29) is 12.5 Å². The molecule has 0 spiro atoms. The van der Waals surface area contributed by atoms with Crippen LogP contribution in [0.15, 0.2) is 24.1 Å². The highest BCUT2D eigenvalue weighted by atomic mass is 32.1. The molecule has 0 saturated heterocycles. The largest absolute Gasteiger partial charge is 0.480 e. The average molecular weight is 309 g/mol. The zero-order valence-electron chi connectivity index (χ0n) is 11.2. The number of imidazole rings is 1. The van der Waals surface area contributed by atoms with E-state index in [1.54, 1.807) is 13.1 Å². The standard InChI is InChI=1S/C12H15N5O3S/c1-7(10-14-2-3-21-10)16-12(20)17-9(11(18)19)4-8-5-13-6-15-8/h2-3,5-7,9H,4H2,1H3,(H,13,15)(H,18,19)(H2,16,17,20)/t7?,9-/m0/s1. The van der Waals surface area contributed by atoms with Gasteiger partial charge in [-0.05, 0) is 6.92 Å². The van der Waals surface area contributed by atoms with Crippen molar-refractivity contribution in [2.24, 2.45) is 0 Å². The van der Waals surface area contributed by atoms with Crippen LogP contribution in [0.4, 0.5) is 4.79 Å². The second kappa shape index (κ2) is 6.84. The maximum Gasteiger partial charge on any atom is 0.326 e. The Kier molecular flexibility index (Phi) is 4.88. The Morgan fingerprint density at radius 3 is 2.86 bits per heavy atom. The third kappa shape index (κ3) is 4.28. The topological polar surface area (TPSA) is 120 Å². The number of aromatic nitrogens is 3. The van der Waals surface area contributed by atoms with Crippen molar-refractivity contribution in [2.45, 2.75) is 25.4 Å². The van der Waals surface area contributed by atoms with E-state index in [2.05, 4.69) is 25.6 Å². The number of aromatic amines is 1. The Hall–Kier alpha value is -2.42. The van der Waals surface area contributed by atoms with E-state index in [4.69, 9.17) is 5.11 Å². The van der Waals surface area contributed by atoms with Gasteiger partial charge < -0.3 is 20.7 Å². The zero-order chi connectivity index (χ0) is 15.2. The predicted octanol–water partition coefficient (Wildman–Crippen LogP) is 0.922. The summed E-state index contributed by atoms with van der Waals surface area (Å²) in [6.45, 7) is 1.78. The number of H-pyrrole nitrogens is 1. The molecule has 2 aromatic heterocycles. The second-order valence-corrected chi connectivity index (χ2v) is 5.31. The lowest BCUT2D eigenvalue weighted by Crippen LogP contribution is -2.47. The number of carbonyl (C=O) groups excluding carboxylic acids is 1. The Morgan fingerprint density at radius 2 is 2.29 bits per heavy atom. The molecule has 0 aromatic carbocycles. The van der Waals surface area contributed by atoms with Crippen LogP contribution < -0.4 is 10.6 Å². The quantitative estimate of drug-likeness (QED) is 0.632. The van der Waals surface area contributed by atoms with Crippen LogP contribution in [-0.4, -0.2) is 38.1 Å². The van der Waals surface area contributed by atoms with E-state index >= 15 is 0 Å². The molecule has 9 heteroatoms. The lowest BCUT2D eigenvalue weighted by Gasteiger charge is -2.16. The number of hydrogen-bond donors (Lipinski definition) is 4. The van der Waals surface area contributed by atoms with Gasteiger partial charge in [0.05, 0.1) is 12.4 Å². The number of carboxylic acids is 1. The lowest BCUT2D eigenvalue weighted by molar-refractivity contribution is -0.139. The van der Waals surface area contributed by atoms with Crippen molar-refractivity contribution >= 4 is 23.3 Å². The first-order valence-electron chi connectivity index (χ1n) is 6.22. The van der Waals surface area contributed by atoms with E-state index in [9.17, 15) is 9.59 Å². The molecule has 0 aliphatic heterocycles. The molecule has 0 aliphatic carbocycles. The average Bonchev–Trinajstić information content (AvgIpc) is 3.10. The summed E-state index contributed by atoms with van der Waals surface area (Å²) in [5.41, 5.74) is 0.635. The van der Waals surface area contributed by atoms with Gasteiger partial charge in [-0.1, -0.05) is 0 Å². The van der Waals surface area contributed by atoms with Gasteiger partial charge in [-0.3, -0.25) is 0 Å². The minimum absolute atomic E-state index is 0.133. The molecule has 0 saturated carbocycles. The molecule has 0 fully saturated rings. The van der Waals surface area contributed by atoms with Crippen molar-refractivity contribution in [3.8, 4) is 0 Å². The molecular formula is C12H15N5O3S. The van der Waals surface area contributed by atoms with Gasteiger partial charge in [-0.15, -0.1) is 11.3 Å². The fourth-order valence-electron chi connectivity index (χ4n) is 1.72. The molecule has 112 valence electrons. The molecule has 2 aromatic rings. The number of carbonyl (C=O) groups is 2. The highest BCUT2D eigenvalue weighted by molar-refractivity contribution is 7.09. The highest BCUT2D eigenvalue weighted by Gasteiger charge is 2.22. The normalized spacial score (nSPS) is 13.4. The number of hydrogen-bond acceptors (Lipinski definition) is 5. The van der Waals surface area contributed by atoms with Crippen LogP contribution in [0.25, 0.3) is 0 Å². The fourth-order valence-corrected chi connectivity index (χ4v) is 2.37. The smallest absolute Gasteiger partial charge is 0.326 e. The van der Waals surface area contributed by atoms with Gasteiger partial charge in [0.2, 0.25) is 0 Å². The van der Waals surface area contributed by atoms with Crippen molar-refractivity contribution in [1.82, 2.24) is 25.6 Å². The van der Waals surface area contributed by atoms with Crippen molar-refractivity contribution in [2.75, 3.05) is 0 Å². The van der Waals surface area contributed by atoms with Crippen LogP contribution in [0.1, 0.15) is 23.7 Å². The van der Waals surface area contributed by atoms with E-state index < -0.39 is 18.0 Å². The Balaban J connectivity index is 1.90. The number of nitrogens with zero attached hydrogens (tertiary/aromatic N) is 2. The third-order valence-electron chi connectivity index (χ3n) is 2.75. The number of aliphatic carboxylic acids is 1. The molecule has 0 aliphatic rings. The summed E-state index contributed by atoms with van der Waals surface area (Å²) in [7, 11) is 0. The lowest BCUT2D eigenvalue weighted by atomic mass is 10.1. The molecular weight excluding hydrogens is 294 g/mol. The minimum atomic E-state index is -1.11. The summed E-state index contributed by atoms with van der Waals surface area (Å²) >= 11 is 1.42. The number of amides is 2. The maximum absolute atomic E-state index is 11.9.